The van der Waals surface area contributed by atoms with Crippen molar-refractivity contribution >= 4 is 46.5 Å². The number of carbonyl (C=O) groups is 3. The zero-order chi connectivity index (χ0) is 21.8. The SMILES string of the molecule is CCc1cccc(CC)c1N1C[C@@H](C(=O)OCC(=O)c2ccc(Cl)cc2Cl)CC1=O. The monoisotopic (exact) mass is 447 g/mol. The predicted molar refractivity (Wildman–Crippen MR) is 117 cm³/mol. The number of nitrogens with zero attached hydrogens (tertiary/aromatic N) is 1. The zero-order valence-corrected chi connectivity index (χ0v) is 18.4. The van der Waals surface area contributed by atoms with Gasteiger partial charge in [-0.2, -0.15) is 0 Å². The second-order valence-electron chi connectivity index (χ2n) is 7.19. The minimum atomic E-state index is -0.611. The van der Waals surface area contributed by atoms with Gasteiger partial charge in [0.2, 0.25) is 11.7 Å². The van der Waals surface area contributed by atoms with E-state index in [-0.39, 0.29) is 29.5 Å². The number of halogens is 2. The normalized spacial score (nSPS) is 16.1. The molecule has 0 spiro atoms. The molecule has 0 unspecified atom stereocenters. The van der Waals surface area contributed by atoms with E-state index in [1.807, 2.05) is 32.0 Å². The van der Waals surface area contributed by atoms with Crippen LogP contribution >= 0.6 is 23.2 Å². The molecule has 5 nitrogen and oxygen atoms in total. The molecule has 30 heavy (non-hydrogen) atoms. The lowest BCUT2D eigenvalue weighted by atomic mass is 10.0. The summed E-state index contributed by atoms with van der Waals surface area (Å²) in [4.78, 5) is 39.2. The van der Waals surface area contributed by atoms with Gasteiger partial charge in [0.15, 0.2) is 6.61 Å². The van der Waals surface area contributed by atoms with E-state index in [4.69, 9.17) is 27.9 Å². The van der Waals surface area contributed by atoms with Crippen molar-refractivity contribution in [2.45, 2.75) is 33.1 Å². The molecule has 158 valence electrons. The minimum Gasteiger partial charge on any atom is -0.457 e. The number of amides is 1. The molecule has 1 atom stereocenters. The van der Waals surface area contributed by atoms with Crippen LogP contribution in [0.4, 0.5) is 5.69 Å². The summed E-state index contributed by atoms with van der Waals surface area (Å²) >= 11 is 11.9. The Hall–Kier alpha value is -2.37. The second kappa shape index (κ2) is 9.63. The molecule has 0 saturated carbocycles. The summed E-state index contributed by atoms with van der Waals surface area (Å²) in [6.45, 7) is 3.89. The number of ketones is 1. The molecule has 0 aromatic heterocycles. The van der Waals surface area contributed by atoms with E-state index in [0.29, 0.717) is 5.02 Å². The summed E-state index contributed by atoms with van der Waals surface area (Å²) in [6, 6.07) is 10.5. The third kappa shape index (κ3) is 4.68. The van der Waals surface area contributed by atoms with E-state index in [1.54, 1.807) is 11.0 Å². The van der Waals surface area contributed by atoms with Gasteiger partial charge in [0.25, 0.3) is 0 Å². The number of aryl methyl sites for hydroxylation is 2. The lowest BCUT2D eigenvalue weighted by molar-refractivity contribution is -0.147. The van der Waals surface area contributed by atoms with Gasteiger partial charge in [-0.15, -0.1) is 0 Å². The van der Waals surface area contributed by atoms with Crippen LogP contribution in [0, 0.1) is 5.92 Å². The number of benzene rings is 2. The lowest BCUT2D eigenvalue weighted by Crippen LogP contribution is -2.29. The lowest BCUT2D eigenvalue weighted by Gasteiger charge is -2.23. The van der Waals surface area contributed by atoms with Crippen LogP contribution in [0.25, 0.3) is 0 Å². The molecule has 0 aliphatic carbocycles. The van der Waals surface area contributed by atoms with Gasteiger partial charge < -0.3 is 9.64 Å². The number of ether oxygens (including phenoxy) is 1. The molecule has 1 aliphatic rings. The number of carbonyl (C=O) groups excluding carboxylic acids is 3. The molecule has 0 N–H and O–H groups in total. The highest BCUT2D eigenvalue weighted by atomic mass is 35.5. The molecular formula is C23H23Cl2NO4. The van der Waals surface area contributed by atoms with Crippen LogP contribution in [0.15, 0.2) is 36.4 Å². The molecule has 2 aromatic rings. The van der Waals surface area contributed by atoms with E-state index in [0.717, 1.165) is 29.7 Å². The average Bonchev–Trinajstić information content (AvgIpc) is 3.12. The molecule has 1 amide bonds. The standard InChI is InChI=1S/C23H23Cl2NO4/c1-3-14-6-5-7-15(4-2)22(14)26-12-16(10-21(26)28)23(29)30-13-20(27)18-9-8-17(24)11-19(18)25/h5-9,11,16H,3-4,10,12-13H2,1-2H3/t16-/m0/s1. The van der Waals surface area contributed by atoms with E-state index >= 15 is 0 Å². The van der Waals surface area contributed by atoms with Crippen molar-refractivity contribution in [3.05, 3.63) is 63.1 Å². The number of anilines is 1. The van der Waals surface area contributed by atoms with Gasteiger partial charge in [0, 0.05) is 29.2 Å². The van der Waals surface area contributed by atoms with Crippen LogP contribution in [-0.4, -0.2) is 30.8 Å². The summed E-state index contributed by atoms with van der Waals surface area (Å²) in [5.41, 5.74) is 3.28. The third-order valence-electron chi connectivity index (χ3n) is 5.27. The third-order valence-corrected chi connectivity index (χ3v) is 5.82. The van der Waals surface area contributed by atoms with Crippen LogP contribution in [0.3, 0.4) is 0 Å². The summed E-state index contributed by atoms with van der Waals surface area (Å²) in [5, 5.41) is 0.617. The maximum atomic E-state index is 12.7. The summed E-state index contributed by atoms with van der Waals surface area (Å²) in [6.07, 6.45) is 1.65. The maximum Gasteiger partial charge on any atom is 0.311 e. The predicted octanol–water partition coefficient (Wildman–Crippen LogP) is 4.90. The summed E-state index contributed by atoms with van der Waals surface area (Å²) < 4.78 is 5.21. The minimum absolute atomic E-state index is 0.0654. The number of esters is 1. The first-order valence-corrected chi connectivity index (χ1v) is 10.7. The highest BCUT2D eigenvalue weighted by Gasteiger charge is 2.37. The van der Waals surface area contributed by atoms with E-state index < -0.39 is 24.3 Å². The highest BCUT2D eigenvalue weighted by molar-refractivity contribution is 6.36. The van der Waals surface area contributed by atoms with Gasteiger partial charge in [-0.1, -0.05) is 55.2 Å². The van der Waals surface area contributed by atoms with Crippen molar-refractivity contribution in [1.29, 1.82) is 0 Å². The van der Waals surface area contributed by atoms with Gasteiger partial charge in [-0.25, -0.2) is 0 Å². The Kier molecular flexibility index (Phi) is 7.16. The molecule has 1 saturated heterocycles. The van der Waals surface area contributed by atoms with Gasteiger partial charge >= 0.3 is 5.97 Å². The van der Waals surface area contributed by atoms with Gasteiger partial charge in [-0.3, -0.25) is 14.4 Å². The number of hydrogen-bond donors (Lipinski definition) is 0. The molecule has 0 bridgehead atoms. The van der Waals surface area contributed by atoms with Gasteiger partial charge in [0.1, 0.15) is 0 Å². The van der Waals surface area contributed by atoms with Gasteiger partial charge in [-0.05, 0) is 42.2 Å². The fraction of sp³-hybridized carbons (Fsp3) is 0.348. The molecule has 1 heterocycles. The first kappa shape index (κ1) is 22.3. The Morgan fingerprint density at radius 2 is 1.77 bits per heavy atom. The van der Waals surface area contributed by atoms with Crippen molar-refractivity contribution in [2.75, 3.05) is 18.1 Å². The smallest absolute Gasteiger partial charge is 0.311 e. The fourth-order valence-electron chi connectivity index (χ4n) is 3.69. The summed E-state index contributed by atoms with van der Waals surface area (Å²) in [5.74, 6) is -1.70. The molecule has 3 rings (SSSR count). The molecular weight excluding hydrogens is 425 g/mol. The van der Waals surface area contributed by atoms with Crippen molar-refractivity contribution in [1.82, 2.24) is 0 Å². The van der Waals surface area contributed by atoms with E-state index in [9.17, 15) is 14.4 Å². The summed E-state index contributed by atoms with van der Waals surface area (Å²) in [7, 11) is 0. The molecule has 0 radical (unpaired) electrons. The molecule has 1 aliphatic heterocycles. The van der Waals surface area contributed by atoms with E-state index in [2.05, 4.69) is 0 Å². The Balaban J connectivity index is 1.68. The Bertz CT molecular complexity index is 967. The highest BCUT2D eigenvalue weighted by Crippen LogP contribution is 2.33. The van der Waals surface area contributed by atoms with Crippen molar-refractivity contribution < 1.29 is 19.1 Å². The van der Waals surface area contributed by atoms with Crippen LogP contribution in [0.2, 0.25) is 10.0 Å². The number of para-hydroxylation sites is 1. The largest absolute Gasteiger partial charge is 0.457 e. The van der Waals surface area contributed by atoms with Gasteiger partial charge in [0.05, 0.1) is 10.9 Å². The zero-order valence-electron chi connectivity index (χ0n) is 16.9. The van der Waals surface area contributed by atoms with Crippen molar-refractivity contribution in [3.8, 4) is 0 Å². The first-order valence-electron chi connectivity index (χ1n) is 9.91. The average molecular weight is 448 g/mol. The van der Waals surface area contributed by atoms with Crippen LogP contribution < -0.4 is 4.90 Å². The first-order chi connectivity index (χ1) is 14.3. The van der Waals surface area contributed by atoms with Crippen LogP contribution in [0.5, 0.6) is 0 Å². The molecule has 2 aromatic carbocycles. The molecule has 7 heteroatoms. The maximum absolute atomic E-state index is 12.7. The topological polar surface area (TPSA) is 63.7 Å². The van der Waals surface area contributed by atoms with Crippen LogP contribution in [0.1, 0.15) is 41.8 Å². The van der Waals surface area contributed by atoms with Crippen molar-refractivity contribution in [2.24, 2.45) is 5.92 Å². The van der Waals surface area contributed by atoms with Crippen molar-refractivity contribution in [3.63, 3.8) is 0 Å². The number of rotatable bonds is 7. The van der Waals surface area contributed by atoms with Crippen LogP contribution in [-0.2, 0) is 27.2 Å². The fourth-order valence-corrected chi connectivity index (χ4v) is 4.21. The Morgan fingerprint density at radius 3 is 2.37 bits per heavy atom. The number of hydrogen-bond acceptors (Lipinski definition) is 4. The van der Waals surface area contributed by atoms with E-state index in [1.165, 1.54) is 12.1 Å². The number of Topliss-reactive ketones (excluding diaryl/α,β-unsaturated/α-hetero) is 1. The second-order valence-corrected chi connectivity index (χ2v) is 8.04. The quantitative estimate of drug-likeness (QED) is 0.447. The Labute approximate surface area is 185 Å². The Morgan fingerprint density at radius 1 is 1.10 bits per heavy atom. The molecule has 1 fully saturated rings.